The van der Waals surface area contributed by atoms with Gasteiger partial charge in [-0.25, -0.2) is 9.18 Å². The largest absolute Gasteiger partial charge is 0.490 e. The number of rotatable bonds is 9. The molecular weight excluding hydrogens is 469 g/mol. The molecule has 1 fully saturated rings. The number of imide groups is 1. The minimum Gasteiger partial charge on any atom is -0.490 e. The summed E-state index contributed by atoms with van der Waals surface area (Å²) in [7, 11) is 0. The number of carbonyl (C=O) groups excluding carboxylic acids is 2. The van der Waals surface area contributed by atoms with Crippen molar-refractivity contribution in [3.05, 3.63) is 105 Å². The first-order chi connectivity index (χ1) is 17.3. The van der Waals surface area contributed by atoms with Gasteiger partial charge in [0.05, 0.1) is 18.1 Å². The number of nitrogens with zero attached hydrogens (tertiary/aromatic N) is 2. The maximum Gasteiger partial charge on any atom is 0.329 e. The topological polar surface area (TPSA) is 111 Å². The molecule has 0 spiro atoms. The van der Waals surface area contributed by atoms with Crippen LogP contribution in [-0.4, -0.2) is 28.4 Å². The van der Waals surface area contributed by atoms with E-state index in [0.717, 1.165) is 10.5 Å². The molecule has 36 heavy (non-hydrogen) atoms. The van der Waals surface area contributed by atoms with Gasteiger partial charge in [0, 0.05) is 12.1 Å². The number of nitrogens with one attached hydrogen (secondary N) is 1. The third kappa shape index (κ3) is 5.66. The maximum absolute atomic E-state index is 13.1. The van der Waals surface area contributed by atoms with Crippen LogP contribution in [0.4, 0.5) is 14.9 Å². The molecule has 0 saturated carbocycles. The van der Waals surface area contributed by atoms with Crippen LogP contribution in [0.2, 0.25) is 0 Å². The van der Waals surface area contributed by atoms with Gasteiger partial charge in [0.2, 0.25) is 0 Å². The molecule has 4 rings (SSSR count). The molecule has 0 bridgehead atoms. The summed E-state index contributed by atoms with van der Waals surface area (Å²) < 4.78 is 24.7. The van der Waals surface area contributed by atoms with E-state index in [2.05, 4.69) is 5.32 Å². The Hall–Kier alpha value is -4.73. The van der Waals surface area contributed by atoms with Crippen LogP contribution >= 0.6 is 0 Å². The molecule has 3 amide bonds. The van der Waals surface area contributed by atoms with Gasteiger partial charge in [0.1, 0.15) is 18.1 Å². The molecule has 1 saturated heterocycles. The zero-order valence-corrected chi connectivity index (χ0v) is 19.3. The summed E-state index contributed by atoms with van der Waals surface area (Å²) in [5, 5.41) is 13.4. The zero-order valence-electron chi connectivity index (χ0n) is 19.3. The minimum atomic E-state index is -0.566. The average Bonchev–Trinajstić information content (AvgIpc) is 3.12. The number of halogens is 1. The number of hydrogen-bond acceptors (Lipinski definition) is 6. The lowest BCUT2D eigenvalue weighted by Gasteiger charge is -2.13. The molecule has 1 heterocycles. The Bertz CT molecular complexity index is 1320. The number of non-ortho nitro benzene ring substituents is 1. The quantitative estimate of drug-likeness (QED) is 0.199. The van der Waals surface area contributed by atoms with Crippen molar-refractivity contribution in [2.45, 2.75) is 20.1 Å². The van der Waals surface area contributed by atoms with Crippen LogP contribution in [0.5, 0.6) is 11.5 Å². The second-order valence-electron chi connectivity index (χ2n) is 7.86. The van der Waals surface area contributed by atoms with E-state index in [1.165, 1.54) is 42.5 Å². The van der Waals surface area contributed by atoms with Crippen LogP contribution in [0, 0.1) is 15.9 Å². The van der Waals surface area contributed by atoms with Crippen LogP contribution in [-0.2, 0) is 17.9 Å². The molecule has 0 atom stereocenters. The average molecular weight is 491 g/mol. The molecule has 10 heteroatoms. The summed E-state index contributed by atoms with van der Waals surface area (Å²) >= 11 is 0. The van der Waals surface area contributed by atoms with Gasteiger partial charge in [-0.2, -0.15) is 0 Å². The van der Waals surface area contributed by atoms with Gasteiger partial charge < -0.3 is 14.8 Å². The van der Waals surface area contributed by atoms with Gasteiger partial charge in [0.15, 0.2) is 11.5 Å². The molecule has 0 unspecified atom stereocenters. The molecular formula is C26H22FN3O6. The number of amides is 3. The molecule has 9 nitrogen and oxygen atoms in total. The number of urea groups is 1. The molecule has 1 aliphatic heterocycles. The summed E-state index contributed by atoms with van der Waals surface area (Å²) in [6, 6.07) is 16.1. The lowest BCUT2D eigenvalue weighted by molar-refractivity contribution is -0.384. The Labute approximate surface area is 205 Å². The normalized spacial score (nSPS) is 14.2. The SMILES string of the molecule is CCOc1cc(/C=C2/NC(=O)N(Cc3ccc(F)cc3)C2=O)ccc1OCc1ccc([N+](=O)[O-])cc1. The number of carbonyl (C=O) groups is 2. The van der Waals surface area contributed by atoms with Crippen molar-refractivity contribution in [1.82, 2.24) is 10.2 Å². The van der Waals surface area contributed by atoms with Crippen LogP contribution in [0.25, 0.3) is 6.08 Å². The first-order valence-electron chi connectivity index (χ1n) is 11.1. The van der Waals surface area contributed by atoms with Crippen molar-refractivity contribution in [2.75, 3.05) is 6.61 Å². The van der Waals surface area contributed by atoms with E-state index >= 15 is 0 Å². The Balaban J connectivity index is 1.48. The summed E-state index contributed by atoms with van der Waals surface area (Å²) in [6.07, 6.45) is 1.54. The zero-order chi connectivity index (χ0) is 25.7. The number of nitro groups is 1. The van der Waals surface area contributed by atoms with E-state index in [4.69, 9.17) is 9.47 Å². The summed E-state index contributed by atoms with van der Waals surface area (Å²) in [4.78, 5) is 36.5. The maximum atomic E-state index is 13.1. The van der Waals surface area contributed by atoms with Gasteiger partial charge in [-0.3, -0.25) is 19.8 Å². The molecule has 3 aromatic rings. The molecule has 1 aliphatic rings. The Morgan fingerprint density at radius 1 is 0.972 bits per heavy atom. The van der Waals surface area contributed by atoms with Crippen LogP contribution < -0.4 is 14.8 Å². The Morgan fingerprint density at radius 3 is 2.33 bits per heavy atom. The third-order valence-corrected chi connectivity index (χ3v) is 5.34. The first kappa shape index (κ1) is 24.4. The van der Waals surface area contributed by atoms with Gasteiger partial charge in [-0.1, -0.05) is 18.2 Å². The third-order valence-electron chi connectivity index (χ3n) is 5.34. The second-order valence-corrected chi connectivity index (χ2v) is 7.86. The fourth-order valence-electron chi connectivity index (χ4n) is 3.53. The van der Waals surface area contributed by atoms with E-state index in [-0.39, 0.29) is 24.5 Å². The molecule has 184 valence electrons. The van der Waals surface area contributed by atoms with Crippen molar-refractivity contribution in [3.63, 3.8) is 0 Å². The summed E-state index contributed by atoms with van der Waals surface area (Å²) in [6.45, 7) is 2.38. The first-order valence-corrected chi connectivity index (χ1v) is 11.1. The predicted molar refractivity (Wildman–Crippen MR) is 128 cm³/mol. The van der Waals surface area contributed by atoms with Gasteiger partial charge in [0.25, 0.3) is 11.6 Å². The molecule has 0 aliphatic carbocycles. The fourth-order valence-corrected chi connectivity index (χ4v) is 3.53. The van der Waals surface area contributed by atoms with Gasteiger partial charge in [-0.15, -0.1) is 0 Å². The Kier molecular flexibility index (Phi) is 7.24. The highest BCUT2D eigenvalue weighted by atomic mass is 19.1. The minimum absolute atomic E-state index is 0.00377. The highest BCUT2D eigenvalue weighted by molar-refractivity contribution is 6.13. The number of hydrogen-bond donors (Lipinski definition) is 1. The summed E-state index contributed by atoms with van der Waals surface area (Å²) in [5.74, 6) is -0.00614. The fraction of sp³-hybridized carbons (Fsp3) is 0.154. The predicted octanol–water partition coefficient (Wildman–Crippen LogP) is 4.80. The van der Waals surface area contributed by atoms with Crippen LogP contribution in [0.3, 0.4) is 0 Å². The van der Waals surface area contributed by atoms with Crippen molar-refractivity contribution >= 4 is 23.7 Å². The smallest absolute Gasteiger partial charge is 0.329 e. The standard InChI is InChI=1S/C26H22FN3O6/c1-2-35-24-14-19(7-12-23(24)36-16-18-5-10-21(11-6-18)30(33)34)13-22-25(31)29(26(32)28-22)15-17-3-8-20(27)9-4-17/h3-14H,2,15-16H2,1H3,(H,28,32)/b22-13+. The highest BCUT2D eigenvalue weighted by Crippen LogP contribution is 2.31. The Morgan fingerprint density at radius 2 is 1.67 bits per heavy atom. The van der Waals surface area contributed by atoms with E-state index in [9.17, 15) is 24.1 Å². The van der Waals surface area contributed by atoms with Crippen molar-refractivity contribution < 1.29 is 28.4 Å². The van der Waals surface area contributed by atoms with Crippen molar-refractivity contribution in [3.8, 4) is 11.5 Å². The van der Waals surface area contributed by atoms with Crippen LogP contribution in [0.15, 0.2) is 72.4 Å². The highest BCUT2D eigenvalue weighted by Gasteiger charge is 2.33. The number of ether oxygens (including phenoxy) is 2. The van der Waals surface area contributed by atoms with E-state index in [0.29, 0.717) is 29.2 Å². The van der Waals surface area contributed by atoms with Crippen molar-refractivity contribution in [2.24, 2.45) is 0 Å². The lowest BCUT2D eigenvalue weighted by atomic mass is 10.1. The van der Waals surface area contributed by atoms with E-state index < -0.39 is 22.7 Å². The monoisotopic (exact) mass is 491 g/mol. The van der Waals surface area contributed by atoms with Crippen molar-refractivity contribution in [1.29, 1.82) is 0 Å². The second kappa shape index (κ2) is 10.7. The van der Waals surface area contributed by atoms with E-state index in [1.54, 1.807) is 30.3 Å². The molecule has 0 aromatic heterocycles. The van der Waals surface area contributed by atoms with Gasteiger partial charge >= 0.3 is 6.03 Å². The lowest BCUT2D eigenvalue weighted by Crippen LogP contribution is -2.30. The summed E-state index contributed by atoms with van der Waals surface area (Å²) in [5.41, 5.74) is 2.07. The number of nitro benzene ring substituents is 1. The van der Waals surface area contributed by atoms with Crippen LogP contribution in [0.1, 0.15) is 23.6 Å². The van der Waals surface area contributed by atoms with E-state index in [1.807, 2.05) is 6.92 Å². The molecule has 1 N–H and O–H groups in total. The van der Waals surface area contributed by atoms with Gasteiger partial charge in [-0.05, 0) is 66.1 Å². The molecule has 0 radical (unpaired) electrons. The molecule has 3 aromatic carbocycles. The number of benzene rings is 3.